The molecule has 3 aromatic rings. The van der Waals surface area contributed by atoms with Crippen LogP contribution in [0.4, 0.5) is 5.13 Å². The first-order valence-corrected chi connectivity index (χ1v) is 10.4. The quantitative estimate of drug-likeness (QED) is 0.337. The Hall–Kier alpha value is -2.42. The molecule has 0 bridgehead atoms. The second kappa shape index (κ2) is 9.68. The fourth-order valence-electron chi connectivity index (χ4n) is 2.30. The highest BCUT2D eigenvalue weighted by Crippen LogP contribution is 2.28. The molecule has 0 unspecified atom stereocenters. The van der Waals surface area contributed by atoms with Gasteiger partial charge in [0.15, 0.2) is 4.34 Å². The number of hydrogen-bond donors (Lipinski definition) is 1. The molecular formula is C19H16ClN3O3S2. The van der Waals surface area contributed by atoms with Crippen molar-refractivity contribution in [1.29, 1.82) is 0 Å². The minimum Gasteiger partial charge on any atom is -0.465 e. The first kappa shape index (κ1) is 20.3. The Labute approximate surface area is 175 Å². The SMILES string of the molecule is COC(=O)c1ccc(CSc2nnc(NC(=O)Cc3ccccc3Cl)s2)cc1. The Balaban J connectivity index is 1.52. The summed E-state index contributed by atoms with van der Waals surface area (Å²) in [5.41, 5.74) is 2.31. The molecule has 1 amide bonds. The van der Waals surface area contributed by atoms with Gasteiger partial charge in [-0.2, -0.15) is 0 Å². The predicted octanol–water partition coefficient (Wildman–Crippen LogP) is 4.45. The van der Waals surface area contributed by atoms with Gasteiger partial charge in [-0.25, -0.2) is 4.79 Å². The molecule has 1 aromatic heterocycles. The fourth-order valence-corrected chi connectivity index (χ4v) is 4.22. The third-order valence-corrected chi connectivity index (χ3v) is 6.11. The molecule has 0 radical (unpaired) electrons. The van der Waals surface area contributed by atoms with Gasteiger partial charge in [0, 0.05) is 10.8 Å². The largest absolute Gasteiger partial charge is 0.465 e. The lowest BCUT2D eigenvalue weighted by Crippen LogP contribution is -2.14. The highest BCUT2D eigenvalue weighted by Gasteiger charge is 2.11. The Morgan fingerprint density at radius 3 is 2.61 bits per heavy atom. The summed E-state index contributed by atoms with van der Waals surface area (Å²) in [6.45, 7) is 0. The summed E-state index contributed by atoms with van der Waals surface area (Å²) >= 11 is 8.89. The normalized spacial score (nSPS) is 10.5. The van der Waals surface area contributed by atoms with E-state index in [0.29, 0.717) is 21.5 Å². The van der Waals surface area contributed by atoms with E-state index in [-0.39, 0.29) is 18.3 Å². The molecule has 1 N–H and O–H groups in total. The van der Waals surface area contributed by atoms with Gasteiger partial charge >= 0.3 is 5.97 Å². The summed E-state index contributed by atoms with van der Waals surface area (Å²) in [4.78, 5) is 23.6. The van der Waals surface area contributed by atoms with Crippen molar-refractivity contribution in [2.45, 2.75) is 16.5 Å². The topological polar surface area (TPSA) is 81.2 Å². The molecule has 0 aliphatic heterocycles. The average Bonchev–Trinajstić information content (AvgIpc) is 3.15. The lowest BCUT2D eigenvalue weighted by molar-refractivity contribution is -0.115. The Kier molecular flexibility index (Phi) is 7.02. The number of aromatic nitrogens is 2. The van der Waals surface area contributed by atoms with Crippen LogP contribution in [0.3, 0.4) is 0 Å². The van der Waals surface area contributed by atoms with E-state index in [1.165, 1.54) is 30.2 Å². The van der Waals surface area contributed by atoms with Crippen molar-refractivity contribution in [3.8, 4) is 0 Å². The van der Waals surface area contributed by atoms with Gasteiger partial charge in [0.1, 0.15) is 0 Å². The number of hydrogen-bond acceptors (Lipinski definition) is 7. The van der Waals surface area contributed by atoms with Crippen molar-refractivity contribution in [2.24, 2.45) is 0 Å². The van der Waals surface area contributed by atoms with Crippen LogP contribution in [0.2, 0.25) is 5.02 Å². The van der Waals surface area contributed by atoms with Gasteiger partial charge in [-0.3, -0.25) is 4.79 Å². The smallest absolute Gasteiger partial charge is 0.337 e. The van der Waals surface area contributed by atoms with Crippen LogP contribution < -0.4 is 5.32 Å². The molecule has 9 heteroatoms. The van der Waals surface area contributed by atoms with Crippen molar-refractivity contribution >= 4 is 51.7 Å². The summed E-state index contributed by atoms with van der Waals surface area (Å²) in [6, 6.07) is 14.4. The van der Waals surface area contributed by atoms with Crippen molar-refractivity contribution in [3.05, 3.63) is 70.2 Å². The maximum absolute atomic E-state index is 12.2. The Bertz CT molecular complexity index is 977. The zero-order valence-corrected chi connectivity index (χ0v) is 17.2. The van der Waals surface area contributed by atoms with Crippen LogP contribution in [0, 0.1) is 0 Å². The number of carbonyl (C=O) groups is 2. The zero-order chi connectivity index (χ0) is 19.9. The van der Waals surface area contributed by atoms with E-state index in [4.69, 9.17) is 11.6 Å². The molecule has 144 valence electrons. The molecule has 2 aromatic carbocycles. The van der Waals surface area contributed by atoms with E-state index in [1.807, 2.05) is 30.3 Å². The number of nitrogens with one attached hydrogen (secondary N) is 1. The molecule has 0 aliphatic carbocycles. The van der Waals surface area contributed by atoms with Gasteiger partial charge in [0.2, 0.25) is 11.0 Å². The Morgan fingerprint density at radius 1 is 1.14 bits per heavy atom. The lowest BCUT2D eigenvalue weighted by Gasteiger charge is -2.03. The van der Waals surface area contributed by atoms with Gasteiger partial charge in [-0.1, -0.05) is 65.0 Å². The van der Waals surface area contributed by atoms with Crippen molar-refractivity contribution in [3.63, 3.8) is 0 Å². The summed E-state index contributed by atoms with van der Waals surface area (Å²) in [5.74, 6) is 0.114. The summed E-state index contributed by atoms with van der Waals surface area (Å²) in [7, 11) is 1.35. The number of esters is 1. The highest BCUT2D eigenvalue weighted by molar-refractivity contribution is 8.00. The first-order valence-electron chi connectivity index (χ1n) is 8.22. The highest BCUT2D eigenvalue weighted by atomic mass is 35.5. The van der Waals surface area contributed by atoms with Crippen molar-refractivity contribution < 1.29 is 14.3 Å². The van der Waals surface area contributed by atoms with Crippen LogP contribution in [0.15, 0.2) is 52.9 Å². The van der Waals surface area contributed by atoms with Crippen LogP contribution in [-0.4, -0.2) is 29.2 Å². The number of benzene rings is 2. The number of anilines is 1. The number of rotatable bonds is 7. The maximum atomic E-state index is 12.2. The summed E-state index contributed by atoms with van der Waals surface area (Å²) in [5, 5.41) is 11.8. The number of methoxy groups -OCH3 is 1. The van der Waals surface area contributed by atoms with Gasteiger partial charge < -0.3 is 10.1 Å². The van der Waals surface area contributed by atoms with E-state index in [2.05, 4.69) is 20.3 Å². The molecule has 0 spiro atoms. The van der Waals surface area contributed by atoms with E-state index in [9.17, 15) is 9.59 Å². The standard InChI is InChI=1S/C19H16ClN3O3S2/c1-26-17(25)13-8-6-12(7-9-13)11-27-19-23-22-18(28-19)21-16(24)10-14-4-2-3-5-15(14)20/h2-9H,10-11H2,1H3,(H,21,22,24). The molecular weight excluding hydrogens is 418 g/mol. The number of carbonyl (C=O) groups excluding carboxylic acids is 2. The fraction of sp³-hybridized carbons (Fsp3) is 0.158. The van der Waals surface area contributed by atoms with Crippen LogP contribution in [0.5, 0.6) is 0 Å². The van der Waals surface area contributed by atoms with E-state index in [0.717, 1.165) is 15.5 Å². The molecule has 0 saturated carbocycles. The number of nitrogens with zero attached hydrogens (tertiary/aromatic N) is 2. The minimum absolute atomic E-state index is 0.175. The van der Waals surface area contributed by atoms with Gasteiger partial charge in [-0.15, -0.1) is 10.2 Å². The monoisotopic (exact) mass is 433 g/mol. The van der Waals surface area contributed by atoms with E-state index < -0.39 is 0 Å². The number of ether oxygens (including phenoxy) is 1. The van der Waals surface area contributed by atoms with Crippen LogP contribution in [0.25, 0.3) is 0 Å². The van der Waals surface area contributed by atoms with Crippen LogP contribution in [0.1, 0.15) is 21.5 Å². The predicted molar refractivity (Wildman–Crippen MR) is 111 cm³/mol. The number of amides is 1. The maximum Gasteiger partial charge on any atom is 0.337 e. The third kappa shape index (κ3) is 5.54. The molecule has 0 aliphatic rings. The van der Waals surface area contributed by atoms with E-state index >= 15 is 0 Å². The van der Waals surface area contributed by atoms with Crippen LogP contribution >= 0.6 is 34.7 Å². The molecule has 1 heterocycles. The second-order valence-electron chi connectivity index (χ2n) is 5.67. The van der Waals surface area contributed by atoms with Crippen molar-refractivity contribution in [1.82, 2.24) is 10.2 Å². The molecule has 3 rings (SSSR count). The van der Waals surface area contributed by atoms with Gasteiger partial charge in [0.05, 0.1) is 19.1 Å². The van der Waals surface area contributed by atoms with Gasteiger partial charge in [0.25, 0.3) is 0 Å². The molecule has 6 nitrogen and oxygen atoms in total. The number of halogens is 1. The minimum atomic E-state index is -0.361. The van der Waals surface area contributed by atoms with Crippen LogP contribution in [-0.2, 0) is 21.7 Å². The zero-order valence-electron chi connectivity index (χ0n) is 14.8. The number of thioether (sulfide) groups is 1. The van der Waals surface area contributed by atoms with E-state index in [1.54, 1.807) is 18.2 Å². The van der Waals surface area contributed by atoms with Gasteiger partial charge in [-0.05, 0) is 29.3 Å². The third-order valence-electron chi connectivity index (χ3n) is 3.70. The second-order valence-corrected chi connectivity index (χ2v) is 8.27. The molecule has 0 atom stereocenters. The molecule has 0 fully saturated rings. The first-order chi connectivity index (χ1) is 13.5. The lowest BCUT2D eigenvalue weighted by atomic mass is 10.1. The van der Waals surface area contributed by atoms with Crippen molar-refractivity contribution in [2.75, 3.05) is 12.4 Å². The molecule has 28 heavy (non-hydrogen) atoms. The summed E-state index contributed by atoms with van der Waals surface area (Å²) < 4.78 is 5.42. The molecule has 0 saturated heterocycles. The Morgan fingerprint density at radius 2 is 1.89 bits per heavy atom. The summed E-state index contributed by atoms with van der Waals surface area (Å²) in [6.07, 6.45) is 0.175. The average molecular weight is 434 g/mol.